The second-order valence-electron chi connectivity index (χ2n) is 7.84. The summed E-state index contributed by atoms with van der Waals surface area (Å²) in [6.45, 7) is 2.27. The number of carbonyl (C=O) groups is 2. The smallest absolute Gasteiger partial charge is 0.317 e. The van der Waals surface area contributed by atoms with Crippen molar-refractivity contribution in [3.05, 3.63) is 63.7 Å². The molecular formula is C23H23N3O7S. The molecule has 2 aliphatic rings. The molecule has 2 aromatic carbocycles. The van der Waals surface area contributed by atoms with Crippen molar-refractivity contribution in [2.45, 2.75) is 16.2 Å². The van der Waals surface area contributed by atoms with E-state index in [9.17, 15) is 19.7 Å². The van der Waals surface area contributed by atoms with Gasteiger partial charge in [-0.05, 0) is 35.9 Å². The molecule has 0 atom stereocenters. The summed E-state index contributed by atoms with van der Waals surface area (Å²) < 4.78 is 0. The molecule has 0 spiro atoms. The van der Waals surface area contributed by atoms with Crippen molar-refractivity contribution in [3.63, 3.8) is 0 Å². The van der Waals surface area contributed by atoms with Crippen LogP contribution < -0.4 is 4.89 Å². The molecule has 10 nitrogen and oxygen atoms in total. The van der Waals surface area contributed by atoms with E-state index in [1.54, 1.807) is 34.1 Å². The van der Waals surface area contributed by atoms with Crippen molar-refractivity contribution in [1.82, 2.24) is 9.80 Å². The summed E-state index contributed by atoms with van der Waals surface area (Å²) >= 11 is 1.29. The highest BCUT2D eigenvalue weighted by molar-refractivity contribution is 7.99. The molecular weight excluding hydrogens is 462 g/mol. The fourth-order valence-corrected chi connectivity index (χ4v) is 4.70. The largest absolute Gasteiger partial charge is 0.480 e. The first-order chi connectivity index (χ1) is 16.4. The molecule has 1 N–H and O–H groups in total. The van der Waals surface area contributed by atoms with Crippen LogP contribution in [0.5, 0.6) is 5.75 Å². The summed E-state index contributed by atoms with van der Waals surface area (Å²) in [4.78, 5) is 49.4. The molecule has 1 amide bonds. The Hall–Kier alpha value is -3.41. The summed E-state index contributed by atoms with van der Waals surface area (Å²) in [5, 5.41) is 20.6. The normalized spacial score (nSPS) is 16.2. The Bertz CT molecular complexity index is 1130. The Morgan fingerprint density at radius 1 is 1.15 bits per heavy atom. The number of hydrogen-bond acceptors (Lipinski definition) is 8. The molecule has 4 rings (SSSR count). The highest BCUT2D eigenvalue weighted by atomic mass is 32.2. The lowest BCUT2D eigenvalue weighted by atomic mass is 10.1. The van der Waals surface area contributed by atoms with Crippen LogP contribution in [0.15, 0.2) is 52.3 Å². The highest BCUT2D eigenvalue weighted by Gasteiger charge is 2.21. The van der Waals surface area contributed by atoms with E-state index in [0.29, 0.717) is 55.4 Å². The van der Waals surface area contributed by atoms with Gasteiger partial charge < -0.3 is 14.9 Å². The number of aliphatic carboxylic acids is 1. The number of fused-ring (bicyclic) bond motifs is 1. The monoisotopic (exact) mass is 485 g/mol. The second kappa shape index (κ2) is 10.7. The van der Waals surface area contributed by atoms with Crippen molar-refractivity contribution >= 4 is 35.4 Å². The Morgan fingerprint density at radius 2 is 1.94 bits per heavy atom. The van der Waals surface area contributed by atoms with E-state index < -0.39 is 10.9 Å². The van der Waals surface area contributed by atoms with Gasteiger partial charge in [-0.25, -0.2) is 0 Å². The first kappa shape index (κ1) is 23.7. The zero-order valence-electron chi connectivity index (χ0n) is 18.2. The Kier molecular flexibility index (Phi) is 7.46. The second-order valence-corrected chi connectivity index (χ2v) is 8.96. The molecule has 11 heteroatoms. The van der Waals surface area contributed by atoms with Crippen LogP contribution in [0, 0.1) is 10.1 Å². The zero-order valence-corrected chi connectivity index (χ0v) is 19.0. The Morgan fingerprint density at radius 3 is 2.68 bits per heavy atom. The summed E-state index contributed by atoms with van der Waals surface area (Å²) in [7, 11) is 0. The first-order valence-corrected chi connectivity index (χ1v) is 11.5. The van der Waals surface area contributed by atoms with Gasteiger partial charge in [0.2, 0.25) is 5.91 Å². The van der Waals surface area contributed by atoms with Crippen molar-refractivity contribution in [2.75, 3.05) is 39.3 Å². The third kappa shape index (κ3) is 5.93. The molecule has 178 valence electrons. The quantitative estimate of drug-likeness (QED) is 0.273. The van der Waals surface area contributed by atoms with Gasteiger partial charge in [0, 0.05) is 55.2 Å². The minimum absolute atomic E-state index is 0.0421. The predicted octanol–water partition coefficient (Wildman–Crippen LogP) is 2.85. The van der Waals surface area contributed by atoms with Gasteiger partial charge in [0.1, 0.15) is 0 Å². The third-order valence-electron chi connectivity index (χ3n) is 5.50. The average Bonchev–Trinajstić information content (AvgIpc) is 2.83. The van der Waals surface area contributed by atoms with Gasteiger partial charge in [-0.1, -0.05) is 17.8 Å². The lowest BCUT2D eigenvalue weighted by Gasteiger charge is -2.33. The number of piperazine rings is 1. The topological polar surface area (TPSA) is 122 Å². The number of carboxylic acids is 1. The maximum atomic E-state index is 12.5. The molecule has 0 aliphatic carbocycles. The number of hydrogen-bond donors (Lipinski definition) is 1. The van der Waals surface area contributed by atoms with Crippen molar-refractivity contribution in [1.29, 1.82) is 0 Å². The number of rotatable bonds is 7. The zero-order chi connectivity index (χ0) is 24.1. The standard InChI is InChI=1S/C23H23N3O7S/c27-22(25-10-8-24(9-11-25)15-23(28)29)6-2-16-1-5-21(19(13-16)26(30)31)34-18-3-4-20-17(14-18)7-12-32-33-20/h1-6,13-14H,7-12,15H2,(H,28,29). The minimum atomic E-state index is -0.891. The predicted molar refractivity (Wildman–Crippen MR) is 124 cm³/mol. The van der Waals surface area contributed by atoms with Gasteiger partial charge in [-0.2, -0.15) is 4.89 Å². The van der Waals surface area contributed by atoms with E-state index in [1.165, 1.54) is 23.9 Å². The molecule has 1 saturated heterocycles. The van der Waals surface area contributed by atoms with Crippen LogP contribution in [0.3, 0.4) is 0 Å². The van der Waals surface area contributed by atoms with Gasteiger partial charge in [0.05, 0.1) is 23.0 Å². The van der Waals surface area contributed by atoms with Gasteiger partial charge in [-0.15, -0.1) is 0 Å². The van der Waals surface area contributed by atoms with Crippen LogP contribution in [0.25, 0.3) is 6.08 Å². The van der Waals surface area contributed by atoms with E-state index in [2.05, 4.69) is 0 Å². The Labute approximate surface area is 199 Å². The number of nitro groups is 1. The minimum Gasteiger partial charge on any atom is -0.480 e. The number of nitro benzene ring substituents is 1. The SMILES string of the molecule is O=C(O)CN1CCN(C(=O)C=Cc2ccc(Sc3ccc4c(c3)CCOO4)c([N+](=O)[O-])c2)CC1. The van der Waals surface area contributed by atoms with Crippen LogP contribution in [0.2, 0.25) is 0 Å². The fraction of sp³-hybridized carbons (Fsp3) is 0.304. The van der Waals surface area contributed by atoms with Crippen LogP contribution in [0.1, 0.15) is 11.1 Å². The van der Waals surface area contributed by atoms with E-state index in [4.69, 9.17) is 14.9 Å². The van der Waals surface area contributed by atoms with Crippen molar-refractivity contribution in [3.8, 4) is 5.75 Å². The van der Waals surface area contributed by atoms with E-state index in [1.807, 2.05) is 12.1 Å². The molecule has 2 aliphatic heterocycles. The van der Waals surface area contributed by atoms with Crippen LogP contribution >= 0.6 is 11.8 Å². The molecule has 0 unspecified atom stereocenters. The number of benzene rings is 2. The number of amides is 1. The Balaban J connectivity index is 1.42. The maximum Gasteiger partial charge on any atom is 0.317 e. The van der Waals surface area contributed by atoms with Crippen LogP contribution in [-0.2, 0) is 20.9 Å². The number of nitrogens with zero attached hydrogens (tertiary/aromatic N) is 3. The summed E-state index contributed by atoms with van der Waals surface area (Å²) in [5.74, 6) is -0.451. The van der Waals surface area contributed by atoms with Gasteiger partial charge in [0.15, 0.2) is 5.75 Å². The summed E-state index contributed by atoms with van der Waals surface area (Å²) in [6.07, 6.45) is 3.66. The van der Waals surface area contributed by atoms with E-state index in [0.717, 1.165) is 10.5 Å². The molecule has 0 aromatic heterocycles. The lowest BCUT2D eigenvalue weighted by molar-refractivity contribution is -0.387. The van der Waals surface area contributed by atoms with Gasteiger partial charge in [0.25, 0.3) is 5.69 Å². The van der Waals surface area contributed by atoms with Crippen molar-refractivity contribution < 1.29 is 29.4 Å². The fourth-order valence-electron chi connectivity index (χ4n) is 3.74. The average molecular weight is 486 g/mol. The molecule has 0 bridgehead atoms. The third-order valence-corrected chi connectivity index (χ3v) is 6.56. The molecule has 1 fully saturated rings. The number of carbonyl (C=O) groups excluding carboxylic acids is 1. The van der Waals surface area contributed by atoms with Crippen molar-refractivity contribution in [2.24, 2.45) is 0 Å². The molecule has 2 heterocycles. The molecule has 0 saturated carbocycles. The van der Waals surface area contributed by atoms with Crippen LogP contribution in [-0.4, -0.2) is 71.0 Å². The highest BCUT2D eigenvalue weighted by Crippen LogP contribution is 2.38. The maximum absolute atomic E-state index is 12.5. The number of carboxylic acid groups (broad SMARTS) is 1. The van der Waals surface area contributed by atoms with E-state index >= 15 is 0 Å². The molecule has 2 aromatic rings. The summed E-state index contributed by atoms with van der Waals surface area (Å²) in [6, 6.07) is 10.4. The summed E-state index contributed by atoms with van der Waals surface area (Å²) in [5.41, 5.74) is 1.49. The first-order valence-electron chi connectivity index (χ1n) is 10.7. The lowest BCUT2D eigenvalue weighted by Crippen LogP contribution is -2.49. The molecule has 34 heavy (non-hydrogen) atoms. The van der Waals surface area contributed by atoms with Gasteiger partial charge >= 0.3 is 5.97 Å². The van der Waals surface area contributed by atoms with Crippen LogP contribution in [0.4, 0.5) is 5.69 Å². The molecule has 0 radical (unpaired) electrons. The van der Waals surface area contributed by atoms with Gasteiger partial charge in [-0.3, -0.25) is 24.6 Å². The van der Waals surface area contributed by atoms with E-state index in [-0.39, 0.29) is 18.1 Å².